The lowest BCUT2D eigenvalue weighted by Gasteiger charge is -2.21. The zero-order chi connectivity index (χ0) is 12.8. The summed E-state index contributed by atoms with van der Waals surface area (Å²) in [5, 5.41) is 0. The number of pyridine rings is 1. The summed E-state index contributed by atoms with van der Waals surface area (Å²) >= 11 is 0. The molecule has 1 aromatic rings. The first kappa shape index (κ1) is 13.5. The van der Waals surface area contributed by atoms with Gasteiger partial charge in [-0.25, -0.2) is 0 Å². The molecular weight excluding hydrogens is 222 g/mol. The second-order valence-corrected chi connectivity index (χ2v) is 5.51. The Morgan fingerprint density at radius 2 is 2.17 bits per heavy atom. The minimum atomic E-state index is 0.850. The molecule has 1 atom stereocenters. The van der Waals surface area contributed by atoms with E-state index in [1.165, 1.54) is 44.6 Å². The van der Waals surface area contributed by atoms with Gasteiger partial charge in [0.1, 0.15) is 0 Å². The van der Waals surface area contributed by atoms with E-state index in [0.29, 0.717) is 0 Å². The summed E-state index contributed by atoms with van der Waals surface area (Å²) in [6, 6.07) is 4.24. The topological polar surface area (TPSA) is 19.4 Å². The molecule has 18 heavy (non-hydrogen) atoms. The number of hydrogen-bond donors (Lipinski definition) is 0. The average Bonchev–Trinajstić information content (AvgIpc) is 2.78. The Kier molecular flexibility index (Phi) is 5.14. The molecule has 100 valence electrons. The molecule has 1 aliphatic rings. The van der Waals surface area contributed by atoms with Crippen LogP contribution in [-0.4, -0.2) is 48.0 Å². The normalized spacial score (nSPS) is 20.7. The van der Waals surface area contributed by atoms with E-state index < -0.39 is 0 Å². The van der Waals surface area contributed by atoms with E-state index >= 15 is 0 Å². The van der Waals surface area contributed by atoms with Gasteiger partial charge in [-0.15, -0.1) is 0 Å². The highest BCUT2D eigenvalue weighted by Gasteiger charge is 2.23. The van der Waals surface area contributed by atoms with Crippen LogP contribution in [0.4, 0.5) is 0 Å². The van der Waals surface area contributed by atoms with Crippen molar-refractivity contribution < 1.29 is 0 Å². The van der Waals surface area contributed by atoms with Crippen LogP contribution in [0.2, 0.25) is 0 Å². The third-order valence-corrected chi connectivity index (χ3v) is 3.70. The fourth-order valence-corrected chi connectivity index (χ4v) is 2.87. The van der Waals surface area contributed by atoms with E-state index in [0.717, 1.165) is 12.5 Å². The Morgan fingerprint density at radius 3 is 2.89 bits per heavy atom. The maximum atomic E-state index is 4.07. The van der Waals surface area contributed by atoms with Crippen molar-refractivity contribution in [1.82, 2.24) is 14.8 Å². The summed E-state index contributed by atoms with van der Waals surface area (Å²) in [7, 11) is 2.25. The molecule has 0 spiro atoms. The average molecular weight is 247 g/mol. The Morgan fingerprint density at radius 1 is 1.39 bits per heavy atom. The molecule has 2 heterocycles. The molecule has 1 unspecified atom stereocenters. The zero-order valence-corrected chi connectivity index (χ0v) is 11.7. The van der Waals surface area contributed by atoms with Crippen molar-refractivity contribution in [2.24, 2.45) is 5.92 Å². The Balaban J connectivity index is 1.75. The number of nitrogens with zero attached hydrogens (tertiary/aromatic N) is 3. The number of aromatic nitrogens is 1. The quantitative estimate of drug-likeness (QED) is 0.768. The van der Waals surface area contributed by atoms with Crippen molar-refractivity contribution in [3.8, 4) is 0 Å². The maximum absolute atomic E-state index is 4.07. The molecular formula is C15H25N3. The molecule has 1 aromatic heterocycles. The van der Waals surface area contributed by atoms with Crippen molar-refractivity contribution in [3.63, 3.8) is 0 Å². The van der Waals surface area contributed by atoms with Crippen molar-refractivity contribution in [3.05, 3.63) is 30.1 Å². The van der Waals surface area contributed by atoms with Gasteiger partial charge in [-0.1, -0.05) is 6.92 Å². The highest BCUT2D eigenvalue weighted by molar-refractivity contribution is 5.09. The number of rotatable bonds is 6. The lowest BCUT2D eigenvalue weighted by atomic mass is 10.1. The van der Waals surface area contributed by atoms with Crippen LogP contribution in [0.25, 0.3) is 0 Å². The fourth-order valence-electron chi connectivity index (χ4n) is 2.87. The molecule has 3 nitrogen and oxygen atoms in total. The van der Waals surface area contributed by atoms with E-state index in [4.69, 9.17) is 0 Å². The van der Waals surface area contributed by atoms with Crippen molar-refractivity contribution in [2.45, 2.75) is 26.3 Å². The van der Waals surface area contributed by atoms with Crippen LogP contribution in [0.1, 0.15) is 25.3 Å². The summed E-state index contributed by atoms with van der Waals surface area (Å²) in [6.45, 7) is 8.29. The van der Waals surface area contributed by atoms with E-state index in [1.807, 2.05) is 12.4 Å². The minimum Gasteiger partial charge on any atom is -0.306 e. The third-order valence-electron chi connectivity index (χ3n) is 3.70. The van der Waals surface area contributed by atoms with Gasteiger partial charge < -0.3 is 4.90 Å². The second kappa shape index (κ2) is 6.86. The van der Waals surface area contributed by atoms with Gasteiger partial charge in [-0.2, -0.15) is 0 Å². The smallest absolute Gasteiger partial charge is 0.0271 e. The monoisotopic (exact) mass is 247 g/mol. The van der Waals surface area contributed by atoms with Gasteiger partial charge in [0.05, 0.1) is 0 Å². The second-order valence-electron chi connectivity index (χ2n) is 5.51. The minimum absolute atomic E-state index is 0.850. The van der Waals surface area contributed by atoms with Crippen LogP contribution < -0.4 is 0 Å². The first-order valence-corrected chi connectivity index (χ1v) is 7.07. The standard InChI is InChI=1S/C15H25N3/c1-3-9-17(2)11-15-6-10-18(13-15)12-14-4-7-16-8-5-14/h4-5,7-8,15H,3,6,9-13H2,1-2H3. The first-order chi connectivity index (χ1) is 8.78. The van der Waals surface area contributed by atoms with Gasteiger partial charge in [0.2, 0.25) is 0 Å². The maximum Gasteiger partial charge on any atom is 0.0271 e. The predicted molar refractivity (Wildman–Crippen MR) is 75.4 cm³/mol. The van der Waals surface area contributed by atoms with Crippen LogP contribution >= 0.6 is 0 Å². The van der Waals surface area contributed by atoms with Crippen molar-refractivity contribution in [2.75, 3.05) is 33.2 Å². The first-order valence-electron chi connectivity index (χ1n) is 7.07. The van der Waals surface area contributed by atoms with Crippen LogP contribution in [0.3, 0.4) is 0 Å². The summed E-state index contributed by atoms with van der Waals surface area (Å²) < 4.78 is 0. The number of hydrogen-bond acceptors (Lipinski definition) is 3. The molecule has 1 saturated heterocycles. The Hall–Kier alpha value is -0.930. The largest absolute Gasteiger partial charge is 0.306 e. The molecule has 1 fully saturated rings. The predicted octanol–water partition coefficient (Wildman–Crippen LogP) is 2.25. The lowest BCUT2D eigenvalue weighted by Crippen LogP contribution is -2.28. The van der Waals surface area contributed by atoms with Gasteiger partial charge in [0.15, 0.2) is 0 Å². The summed E-state index contributed by atoms with van der Waals surface area (Å²) in [5.41, 5.74) is 1.38. The van der Waals surface area contributed by atoms with Gasteiger partial charge in [-0.3, -0.25) is 9.88 Å². The van der Waals surface area contributed by atoms with Crippen LogP contribution in [0.15, 0.2) is 24.5 Å². The Labute approximate surface area is 111 Å². The fraction of sp³-hybridized carbons (Fsp3) is 0.667. The molecule has 0 amide bonds. The molecule has 0 aliphatic carbocycles. The van der Waals surface area contributed by atoms with Crippen LogP contribution in [0, 0.1) is 5.92 Å². The zero-order valence-electron chi connectivity index (χ0n) is 11.7. The Bertz CT molecular complexity index is 339. The van der Waals surface area contributed by atoms with Crippen molar-refractivity contribution in [1.29, 1.82) is 0 Å². The molecule has 0 bridgehead atoms. The van der Waals surface area contributed by atoms with E-state index in [-0.39, 0.29) is 0 Å². The van der Waals surface area contributed by atoms with Gasteiger partial charge in [0.25, 0.3) is 0 Å². The molecule has 3 heteroatoms. The van der Waals surface area contributed by atoms with Crippen molar-refractivity contribution >= 4 is 0 Å². The van der Waals surface area contributed by atoms with Gasteiger partial charge in [0, 0.05) is 32.0 Å². The van der Waals surface area contributed by atoms with E-state index in [2.05, 4.69) is 40.9 Å². The highest BCUT2D eigenvalue weighted by Crippen LogP contribution is 2.19. The van der Waals surface area contributed by atoms with E-state index in [9.17, 15) is 0 Å². The SMILES string of the molecule is CCCN(C)CC1CCN(Cc2ccncc2)C1. The highest BCUT2D eigenvalue weighted by atomic mass is 15.2. The summed E-state index contributed by atoms with van der Waals surface area (Å²) in [6.07, 6.45) is 6.37. The van der Waals surface area contributed by atoms with Crippen LogP contribution in [0.5, 0.6) is 0 Å². The summed E-state index contributed by atoms with van der Waals surface area (Å²) in [4.78, 5) is 9.11. The number of likely N-dealkylation sites (tertiary alicyclic amines) is 1. The molecule has 0 saturated carbocycles. The molecule has 2 rings (SSSR count). The lowest BCUT2D eigenvalue weighted by molar-refractivity contribution is 0.260. The van der Waals surface area contributed by atoms with Gasteiger partial charge in [-0.05, 0) is 56.6 Å². The summed E-state index contributed by atoms with van der Waals surface area (Å²) in [5.74, 6) is 0.850. The van der Waals surface area contributed by atoms with E-state index in [1.54, 1.807) is 0 Å². The van der Waals surface area contributed by atoms with Crippen LogP contribution in [-0.2, 0) is 6.54 Å². The molecule has 0 N–H and O–H groups in total. The third kappa shape index (κ3) is 4.07. The molecule has 0 radical (unpaired) electrons. The molecule has 1 aliphatic heterocycles. The molecule has 0 aromatic carbocycles. The van der Waals surface area contributed by atoms with Gasteiger partial charge >= 0.3 is 0 Å².